The van der Waals surface area contributed by atoms with Gasteiger partial charge in [0.05, 0.1) is 17.3 Å². The first-order chi connectivity index (χ1) is 10.7. The number of carbonyl (C=O) groups excluding carboxylic acids is 1. The molecule has 2 saturated heterocycles. The number of nitrogens with zero attached hydrogens (tertiary/aromatic N) is 3. The third-order valence-electron chi connectivity index (χ3n) is 4.67. The van der Waals surface area contributed by atoms with Crippen molar-refractivity contribution in [2.45, 2.75) is 13.5 Å². The number of anilines is 1. The number of fused-ring (bicyclic) bond motifs is 1. The van der Waals surface area contributed by atoms with Gasteiger partial charge in [-0.3, -0.25) is 14.7 Å². The van der Waals surface area contributed by atoms with Crippen LogP contribution in [0.2, 0.25) is 0 Å². The predicted octanol–water partition coefficient (Wildman–Crippen LogP) is 2.55. The molecule has 2 aliphatic rings. The zero-order valence-electron chi connectivity index (χ0n) is 12.6. The van der Waals surface area contributed by atoms with E-state index in [0.717, 1.165) is 43.3 Å². The highest BCUT2D eigenvalue weighted by atomic mass is 32.1. The summed E-state index contributed by atoms with van der Waals surface area (Å²) in [6.07, 6.45) is 0. The molecule has 0 bridgehead atoms. The van der Waals surface area contributed by atoms with Crippen LogP contribution in [0.5, 0.6) is 0 Å². The average molecular weight is 313 g/mol. The standard InChI is InChI=1S/C17H19N3OS/c1-12-3-2-4-14(18-12)9-19-7-13-8-20(15-5-6-22-11-15)17(21)16(13)10-19/h2-6,11,13,16H,7-10H2,1H3/t13-,16+/m0/s1. The maximum Gasteiger partial charge on any atom is 0.231 e. The Labute approximate surface area is 134 Å². The molecule has 114 valence electrons. The van der Waals surface area contributed by atoms with Crippen LogP contribution in [-0.4, -0.2) is 35.4 Å². The van der Waals surface area contributed by atoms with Gasteiger partial charge in [0.2, 0.25) is 5.91 Å². The van der Waals surface area contributed by atoms with E-state index in [1.54, 1.807) is 11.3 Å². The summed E-state index contributed by atoms with van der Waals surface area (Å²) in [6.45, 7) is 5.58. The van der Waals surface area contributed by atoms with E-state index in [1.807, 2.05) is 29.3 Å². The highest BCUT2D eigenvalue weighted by molar-refractivity contribution is 7.08. The summed E-state index contributed by atoms with van der Waals surface area (Å²) in [5.41, 5.74) is 3.22. The number of hydrogen-bond donors (Lipinski definition) is 0. The topological polar surface area (TPSA) is 36.4 Å². The molecular formula is C17H19N3OS. The van der Waals surface area contributed by atoms with Gasteiger partial charge in [-0.1, -0.05) is 6.07 Å². The Bertz CT molecular complexity index is 685. The van der Waals surface area contributed by atoms with E-state index in [9.17, 15) is 4.79 Å². The second-order valence-electron chi connectivity index (χ2n) is 6.26. The SMILES string of the molecule is Cc1cccc(CN2C[C@H]3CN(c4ccsc4)C(=O)[C@@H]3C2)n1. The van der Waals surface area contributed by atoms with E-state index in [-0.39, 0.29) is 5.92 Å². The third-order valence-corrected chi connectivity index (χ3v) is 5.34. The summed E-state index contributed by atoms with van der Waals surface area (Å²) < 4.78 is 0. The van der Waals surface area contributed by atoms with Crippen LogP contribution in [-0.2, 0) is 11.3 Å². The first kappa shape index (κ1) is 13.9. The summed E-state index contributed by atoms with van der Waals surface area (Å²) in [5.74, 6) is 0.907. The maximum atomic E-state index is 12.6. The minimum atomic E-state index is 0.157. The van der Waals surface area contributed by atoms with Crippen LogP contribution in [0.4, 0.5) is 5.69 Å². The van der Waals surface area contributed by atoms with E-state index in [2.05, 4.69) is 27.4 Å². The van der Waals surface area contributed by atoms with Gasteiger partial charge in [0.15, 0.2) is 0 Å². The van der Waals surface area contributed by atoms with E-state index in [4.69, 9.17) is 0 Å². The van der Waals surface area contributed by atoms with Crippen LogP contribution in [0.15, 0.2) is 35.0 Å². The number of aromatic nitrogens is 1. The van der Waals surface area contributed by atoms with Crippen molar-refractivity contribution < 1.29 is 4.79 Å². The van der Waals surface area contributed by atoms with Crippen molar-refractivity contribution in [3.05, 3.63) is 46.4 Å². The van der Waals surface area contributed by atoms with Crippen LogP contribution >= 0.6 is 11.3 Å². The second-order valence-corrected chi connectivity index (χ2v) is 7.04. The van der Waals surface area contributed by atoms with Crippen LogP contribution in [0.3, 0.4) is 0 Å². The van der Waals surface area contributed by atoms with Gasteiger partial charge in [-0.15, -0.1) is 0 Å². The first-order valence-electron chi connectivity index (χ1n) is 7.69. The van der Waals surface area contributed by atoms with Gasteiger partial charge in [0, 0.05) is 43.2 Å². The van der Waals surface area contributed by atoms with Crippen molar-refractivity contribution in [3.63, 3.8) is 0 Å². The summed E-state index contributed by atoms with van der Waals surface area (Å²) in [6, 6.07) is 8.18. The van der Waals surface area contributed by atoms with Crippen LogP contribution in [0, 0.1) is 18.8 Å². The lowest BCUT2D eigenvalue weighted by molar-refractivity contribution is -0.120. The Morgan fingerprint density at radius 1 is 1.27 bits per heavy atom. The molecule has 5 heteroatoms. The lowest BCUT2D eigenvalue weighted by Gasteiger charge is -2.20. The minimum absolute atomic E-state index is 0.157. The molecule has 2 aromatic heterocycles. The molecule has 0 aliphatic carbocycles. The van der Waals surface area contributed by atoms with Crippen molar-refractivity contribution in [3.8, 4) is 0 Å². The maximum absolute atomic E-state index is 12.6. The fourth-order valence-electron chi connectivity index (χ4n) is 3.64. The summed E-state index contributed by atoms with van der Waals surface area (Å²) in [7, 11) is 0. The number of thiophene rings is 1. The monoisotopic (exact) mass is 313 g/mol. The average Bonchev–Trinajstić information content (AvgIpc) is 3.17. The number of hydrogen-bond acceptors (Lipinski definition) is 4. The Morgan fingerprint density at radius 2 is 2.18 bits per heavy atom. The van der Waals surface area contributed by atoms with Gasteiger partial charge >= 0.3 is 0 Å². The number of likely N-dealkylation sites (tertiary alicyclic amines) is 1. The molecule has 2 aromatic rings. The van der Waals surface area contributed by atoms with Crippen LogP contribution in [0.25, 0.3) is 0 Å². The molecule has 2 atom stereocenters. The highest BCUT2D eigenvalue weighted by Gasteiger charge is 2.46. The van der Waals surface area contributed by atoms with E-state index >= 15 is 0 Å². The van der Waals surface area contributed by atoms with Gasteiger partial charge in [-0.05, 0) is 30.5 Å². The van der Waals surface area contributed by atoms with Gasteiger partial charge in [0.1, 0.15) is 0 Å². The number of amides is 1. The highest BCUT2D eigenvalue weighted by Crippen LogP contribution is 2.36. The van der Waals surface area contributed by atoms with E-state index in [0.29, 0.717) is 11.8 Å². The number of pyridine rings is 1. The molecule has 22 heavy (non-hydrogen) atoms. The smallest absolute Gasteiger partial charge is 0.231 e. The third kappa shape index (κ3) is 2.44. The molecule has 0 unspecified atom stereocenters. The molecule has 1 amide bonds. The van der Waals surface area contributed by atoms with Crippen molar-refractivity contribution in [2.75, 3.05) is 24.5 Å². The Morgan fingerprint density at radius 3 is 2.91 bits per heavy atom. The summed E-state index contributed by atoms with van der Waals surface area (Å²) in [4.78, 5) is 21.5. The van der Waals surface area contributed by atoms with Gasteiger partial charge in [-0.2, -0.15) is 11.3 Å². The second kappa shape index (κ2) is 5.48. The quantitative estimate of drug-likeness (QED) is 0.874. The fraction of sp³-hybridized carbons (Fsp3) is 0.412. The molecule has 0 radical (unpaired) electrons. The fourth-order valence-corrected chi connectivity index (χ4v) is 4.28. The minimum Gasteiger partial charge on any atom is -0.311 e. The van der Waals surface area contributed by atoms with Crippen molar-refractivity contribution >= 4 is 22.9 Å². The largest absolute Gasteiger partial charge is 0.311 e. The normalized spacial score (nSPS) is 25.0. The number of rotatable bonds is 3. The molecule has 2 aliphatic heterocycles. The van der Waals surface area contributed by atoms with Gasteiger partial charge in [-0.25, -0.2) is 0 Å². The summed E-state index contributed by atoms with van der Waals surface area (Å²) >= 11 is 1.65. The van der Waals surface area contributed by atoms with Gasteiger partial charge < -0.3 is 4.90 Å². The predicted molar refractivity (Wildman–Crippen MR) is 87.9 cm³/mol. The molecule has 0 N–H and O–H groups in total. The Balaban J connectivity index is 1.43. The van der Waals surface area contributed by atoms with Gasteiger partial charge in [0.25, 0.3) is 0 Å². The van der Waals surface area contributed by atoms with Crippen molar-refractivity contribution in [1.29, 1.82) is 0 Å². The number of carbonyl (C=O) groups is 1. The Hall–Kier alpha value is -1.72. The molecule has 2 fully saturated rings. The van der Waals surface area contributed by atoms with Crippen molar-refractivity contribution in [1.82, 2.24) is 9.88 Å². The summed E-state index contributed by atoms with van der Waals surface area (Å²) in [5, 5.41) is 4.10. The molecule has 4 heterocycles. The molecule has 0 spiro atoms. The molecule has 0 saturated carbocycles. The zero-order chi connectivity index (χ0) is 15.1. The lowest BCUT2D eigenvalue weighted by Crippen LogP contribution is -2.32. The number of aryl methyl sites for hydroxylation is 1. The lowest BCUT2D eigenvalue weighted by atomic mass is 10.0. The van der Waals surface area contributed by atoms with Crippen molar-refractivity contribution in [2.24, 2.45) is 11.8 Å². The molecule has 0 aromatic carbocycles. The molecular weight excluding hydrogens is 294 g/mol. The molecule has 4 nitrogen and oxygen atoms in total. The van der Waals surface area contributed by atoms with E-state index < -0.39 is 0 Å². The van der Waals surface area contributed by atoms with Crippen LogP contribution < -0.4 is 4.90 Å². The molecule has 4 rings (SSSR count). The van der Waals surface area contributed by atoms with Crippen LogP contribution in [0.1, 0.15) is 11.4 Å². The first-order valence-corrected chi connectivity index (χ1v) is 8.63. The van der Waals surface area contributed by atoms with E-state index in [1.165, 1.54) is 0 Å². The Kier molecular flexibility index (Phi) is 3.47. The zero-order valence-corrected chi connectivity index (χ0v) is 13.4.